The topological polar surface area (TPSA) is 67.7 Å². The van der Waals surface area contributed by atoms with E-state index in [-0.39, 0.29) is 18.4 Å². The molecule has 0 atom stereocenters. The summed E-state index contributed by atoms with van der Waals surface area (Å²) in [7, 11) is 1.55. The number of hydrogen-bond acceptors (Lipinski definition) is 4. The lowest BCUT2D eigenvalue weighted by Crippen LogP contribution is -2.37. The highest BCUT2D eigenvalue weighted by molar-refractivity contribution is 5.96. The third-order valence-corrected chi connectivity index (χ3v) is 6.77. The molecule has 0 N–H and O–H groups in total. The van der Waals surface area contributed by atoms with Crippen molar-refractivity contribution in [1.82, 2.24) is 14.7 Å². The number of carbonyl (C=O) groups is 2. The number of amides is 2. The first kappa shape index (κ1) is 25.6. The molecule has 7 nitrogen and oxygen atoms in total. The summed E-state index contributed by atoms with van der Waals surface area (Å²) in [5, 5.41) is 4.35. The zero-order chi connectivity index (χ0) is 25.3. The van der Waals surface area contributed by atoms with Gasteiger partial charge in [-0.15, -0.1) is 0 Å². The largest absolute Gasteiger partial charge is 0.375 e. The summed E-state index contributed by atoms with van der Waals surface area (Å²) in [5.41, 5.74) is 4.41. The second kappa shape index (κ2) is 12.5. The predicted octanol–water partition coefficient (Wildman–Crippen LogP) is 5.16. The summed E-state index contributed by atoms with van der Waals surface area (Å²) in [4.78, 5) is 30.6. The molecule has 0 spiro atoms. The fraction of sp³-hybridized carbons (Fsp3) is 0.414. The fourth-order valence-corrected chi connectivity index (χ4v) is 4.81. The van der Waals surface area contributed by atoms with E-state index < -0.39 is 0 Å². The Hall–Kier alpha value is -3.45. The Bertz CT molecular complexity index is 1160. The van der Waals surface area contributed by atoms with Gasteiger partial charge in [0, 0.05) is 50.4 Å². The molecule has 1 aromatic heterocycles. The van der Waals surface area contributed by atoms with Crippen LogP contribution in [-0.2, 0) is 16.1 Å². The van der Waals surface area contributed by atoms with Crippen LogP contribution < -0.4 is 4.90 Å². The molecule has 2 aromatic carbocycles. The average molecular weight is 489 g/mol. The number of ether oxygens (including phenoxy) is 1. The maximum absolute atomic E-state index is 13.8. The molecule has 0 bridgehead atoms. The van der Waals surface area contributed by atoms with Gasteiger partial charge in [0.2, 0.25) is 0 Å². The van der Waals surface area contributed by atoms with Crippen molar-refractivity contribution in [3.05, 3.63) is 77.6 Å². The number of hydrogen-bond donors (Lipinski definition) is 0. The molecule has 2 heterocycles. The minimum absolute atomic E-state index is 0.0113. The quantitative estimate of drug-likeness (QED) is 0.509. The predicted molar refractivity (Wildman–Crippen MR) is 141 cm³/mol. The molecule has 0 saturated carbocycles. The van der Waals surface area contributed by atoms with E-state index >= 15 is 0 Å². The minimum atomic E-state index is -0.0555. The number of methoxy groups -OCH3 is 1. The highest BCUT2D eigenvalue weighted by atomic mass is 16.5. The van der Waals surface area contributed by atoms with Crippen molar-refractivity contribution in [3.8, 4) is 5.69 Å². The molecule has 0 unspecified atom stereocenters. The number of para-hydroxylation sites is 1. The van der Waals surface area contributed by atoms with E-state index in [0.717, 1.165) is 61.0 Å². The Morgan fingerprint density at radius 3 is 2.42 bits per heavy atom. The van der Waals surface area contributed by atoms with E-state index in [4.69, 9.17) is 4.74 Å². The first-order valence-corrected chi connectivity index (χ1v) is 12.9. The molecule has 4 rings (SSSR count). The number of anilines is 1. The maximum atomic E-state index is 13.8. The smallest absolute Gasteiger partial charge is 0.254 e. The summed E-state index contributed by atoms with van der Waals surface area (Å²) >= 11 is 0. The molecule has 1 aliphatic heterocycles. The summed E-state index contributed by atoms with van der Waals surface area (Å²) in [6.45, 7) is 3.82. The zero-order valence-corrected chi connectivity index (χ0v) is 21.4. The van der Waals surface area contributed by atoms with Gasteiger partial charge in [-0.05, 0) is 55.2 Å². The lowest BCUT2D eigenvalue weighted by molar-refractivity contribution is -0.122. The Morgan fingerprint density at radius 2 is 1.67 bits per heavy atom. The van der Waals surface area contributed by atoms with Gasteiger partial charge in [0.15, 0.2) is 0 Å². The number of fused-ring (bicyclic) bond motifs is 1. The summed E-state index contributed by atoms with van der Waals surface area (Å²) in [6, 6.07) is 15.6. The van der Waals surface area contributed by atoms with Gasteiger partial charge in [0.1, 0.15) is 6.61 Å². The van der Waals surface area contributed by atoms with E-state index in [9.17, 15) is 9.59 Å². The van der Waals surface area contributed by atoms with Gasteiger partial charge in [-0.2, -0.15) is 5.10 Å². The Labute approximate surface area is 213 Å². The molecule has 0 fully saturated rings. The molecule has 0 radical (unpaired) electrons. The molecule has 190 valence electrons. The van der Waals surface area contributed by atoms with Crippen LogP contribution in [0.25, 0.3) is 5.69 Å². The highest BCUT2D eigenvalue weighted by Crippen LogP contribution is 2.26. The number of carbonyl (C=O) groups excluding carboxylic acids is 2. The number of aromatic nitrogens is 2. The van der Waals surface area contributed by atoms with E-state index in [1.165, 1.54) is 0 Å². The van der Waals surface area contributed by atoms with Crippen LogP contribution in [0.1, 0.15) is 60.0 Å². The number of nitrogens with zero attached hydrogens (tertiary/aromatic N) is 4. The Morgan fingerprint density at radius 1 is 0.917 bits per heavy atom. The summed E-state index contributed by atoms with van der Waals surface area (Å²) in [5.74, 6) is -0.0667. The summed E-state index contributed by atoms with van der Waals surface area (Å²) < 4.78 is 6.96. The molecule has 2 amide bonds. The van der Waals surface area contributed by atoms with Crippen molar-refractivity contribution < 1.29 is 14.3 Å². The molecular formula is C29H36N4O3. The van der Waals surface area contributed by atoms with Crippen molar-refractivity contribution in [2.75, 3.05) is 31.7 Å². The second-order valence-corrected chi connectivity index (χ2v) is 9.41. The average Bonchev–Trinajstić information content (AvgIpc) is 3.42. The van der Waals surface area contributed by atoms with Crippen molar-refractivity contribution >= 4 is 17.5 Å². The number of rotatable bonds is 4. The van der Waals surface area contributed by atoms with Gasteiger partial charge >= 0.3 is 0 Å². The highest BCUT2D eigenvalue weighted by Gasteiger charge is 2.23. The van der Waals surface area contributed by atoms with Gasteiger partial charge in [0.05, 0.1) is 5.69 Å². The second-order valence-electron chi connectivity index (χ2n) is 9.41. The van der Waals surface area contributed by atoms with Crippen LogP contribution in [0.15, 0.2) is 60.9 Å². The Balaban J connectivity index is 1.67. The van der Waals surface area contributed by atoms with E-state index in [1.807, 2.05) is 71.5 Å². The first-order valence-electron chi connectivity index (χ1n) is 12.9. The molecule has 0 aliphatic carbocycles. The Kier molecular flexibility index (Phi) is 8.90. The standard InChI is InChI=1S/C29H36N4O3/c1-23-14-15-24(20-27(23)33-19-11-16-30-33)29(35)31-17-9-5-3-4-6-10-18-32(28(34)22-36-2)26-13-8-7-12-25(26)21-31/h7-8,11-16,19-20H,3-6,9-10,17-18,21-22H2,1-2H3. The number of benzene rings is 2. The monoisotopic (exact) mass is 488 g/mol. The SMILES string of the molecule is COCC(=O)N1CCCCCCCCN(C(=O)c2ccc(C)c(-n3cccn3)c2)Cc2ccccc21. The lowest BCUT2D eigenvalue weighted by Gasteiger charge is -2.28. The number of aryl methyl sites for hydroxylation is 1. The van der Waals surface area contributed by atoms with E-state index in [0.29, 0.717) is 25.2 Å². The van der Waals surface area contributed by atoms with Gasteiger partial charge in [-0.1, -0.05) is 49.9 Å². The van der Waals surface area contributed by atoms with Gasteiger partial charge in [-0.25, -0.2) is 4.68 Å². The minimum Gasteiger partial charge on any atom is -0.375 e. The van der Waals surface area contributed by atoms with E-state index in [1.54, 1.807) is 18.0 Å². The molecular weight excluding hydrogens is 452 g/mol. The summed E-state index contributed by atoms with van der Waals surface area (Å²) in [6.07, 6.45) is 9.97. The molecule has 1 aliphatic rings. The van der Waals surface area contributed by atoms with Crippen molar-refractivity contribution in [1.29, 1.82) is 0 Å². The zero-order valence-electron chi connectivity index (χ0n) is 21.4. The maximum Gasteiger partial charge on any atom is 0.254 e. The van der Waals surface area contributed by atoms with Crippen molar-refractivity contribution in [2.45, 2.75) is 52.0 Å². The van der Waals surface area contributed by atoms with Crippen LogP contribution in [0.4, 0.5) is 5.69 Å². The van der Waals surface area contributed by atoms with Crippen LogP contribution >= 0.6 is 0 Å². The van der Waals surface area contributed by atoms with Gasteiger partial charge < -0.3 is 14.5 Å². The van der Waals surface area contributed by atoms with Crippen LogP contribution in [0.2, 0.25) is 0 Å². The normalized spacial score (nSPS) is 15.4. The van der Waals surface area contributed by atoms with Crippen LogP contribution in [0.3, 0.4) is 0 Å². The van der Waals surface area contributed by atoms with Crippen molar-refractivity contribution in [3.63, 3.8) is 0 Å². The molecule has 0 saturated heterocycles. The van der Waals surface area contributed by atoms with Gasteiger partial charge in [-0.3, -0.25) is 9.59 Å². The third-order valence-electron chi connectivity index (χ3n) is 6.77. The van der Waals surface area contributed by atoms with Crippen LogP contribution in [-0.4, -0.2) is 53.3 Å². The van der Waals surface area contributed by atoms with E-state index in [2.05, 4.69) is 5.10 Å². The molecule has 3 aromatic rings. The third kappa shape index (κ3) is 6.21. The van der Waals surface area contributed by atoms with Crippen molar-refractivity contribution in [2.24, 2.45) is 0 Å². The van der Waals surface area contributed by atoms with Crippen LogP contribution in [0, 0.1) is 6.92 Å². The lowest BCUT2D eigenvalue weighted by atomic mass is 10.1. The molecule has 36 heavy (non-hydrogen) atoms. The first-order chi connectivity index (χ1) is 17.6. The molecule has 7 heteroatoms. The fourth-order valence-electron chi connectivity index (χ4n) is 4.81. The van der Waals surface area contributed by atoms with Crippen LogP contribution in [0.5, 0.6) is 0 Å². The van der Waals surface area contributed by atoms with Gasteiger partial charge in [0.25, 0.3) is 11.8 Å².